The van der Waals surface area contributed by atoms with Gasteiger partial charge in [0.05, 0.1) is 39.6 Å². The number of dihydropyridines is 1. The molecule has 3 aromatic rings. The number of fused-ring (bicyclic) bond motifs is 1. The molecule has 1 aliphatic rings. The Labute approximate surface area is 190 Å². The minimum Gasteiger partial charge on any atom is -0.431 e. The lowest BCUT2D eigenvalue weighted by Gasteiger charge is -2.28. The molecule has 2 aromatic carbocycles. The molecule has 6 nitrogen and oxygen atoms in total. The summed E-state index contributed by atoms with van der Waals surface area (Å²) in [5, 5.41) is 14.0. The molecule has 0 spiro atoms. The van der Waals surface area contributed by atoms with E-state index in [1.54, 1.807) is 25.2 Å². The van der Waals surface area contributed by atoms with Gasteiger partial charge in [-0.1, -0.05) is 42.5 Å². The summed E-state index contributed by atoms with van der Waals surface area (Å²) in [6.07, 6.45) is -1.11. The molecule has 1 atom stereocenters. The van der Waals surface area contributed by atoms with Crippen LogP contribution in [-0.2, 0) is 9.47 Å². The summed E-state index contributed by atoms with van der Waals surface area (Å²) >= 11 is 1.56. The topological polar surface area (TPSA) is 84.2 Å². The molecule has 2 heterocycles. The van der Waals surface area contributed by atoms with Gasteiger partial charge >= 0.3 is 6.16 Å². The highest BCUT2D eigenvalue weighted by atomic mass is 32.1. The normalized spacial score (nSPS) is 16.2. The Morgan fingerprint density at radius 1 is 1.12 bits per heavy atom. The third-order valence-corrected chi connectivity index (χ3v) is 6.29. The van der Waals surface area contributed by atoms with E-state index in [0.29, 0.717) is 17.0 Å². The van der Waals surface area contributed by atoms with Crippen molar-refractivity contribution in [3.8, 4) is 16.6 Å². The van der Waals surface area contributed by atoms with Crippen molar-refractivity contribution < 1.29 is 14.3 Å². The lowest BCUT2D eigenvalue weighted by Crippen LogP contribution is -2.27. The van der Waals surface area contributed by atoms with Crippen LogP contribution in [-0.4, -0.2) is 17.2 Å². The molecule has 0 saturated heterocycles. The molecular formula is C25H23N3O3S. The van der Waals surface area contributed by atoms with Gasteiger partial charge in [-0.3, -0.25) is 0 Å². The maximum atomic E-state index is 12.4. The Balaban J connectivity index is 1.86. The highest BCUT2D eigenvalue weighted by Crippen LogP contribution is 2.43. The summed E-state index contributed by atoms with van der Waals surface area (Å²) in [7, 11) is 0. The SMILES string of the molecule is CC1=C(C#N)C(c2cccc3nc(-c4ccccc4)sc23)C(OC(=O)OC(C)C)=C(C)N1. The quantitative estimate of drug-likeness (QED) is 0.479. The Bertz CT molecular complexity index is 1280. The van der Waals surface area contributed by atoms with Crippen LogP contribution in [0, 0.1) is 11.3 Å². The zero-order valence-corrected chi connectivity index (χ0v) is 19.1. The molecule has 32 heavy (non-hydrogen) atoms. The molecule has 0 radical (unpaired) electrons. The molecule has 0 aliphatic carbocycles. The predicted molar refractivity (Wildman–Crippen MR) is 125 cm³/mol. The summed E-state index contributed by atoms with van der Waals surface area (Å²) in [6.45, 7) is 7.19. The van der Waals surface area contributed by atoms with Crippen molar-refractivity contribution in [3.63, 3.8) is 0 Å². The molecule has 0 bridgehead atoms. The second-order valence-corrected chi connectivity index (χ2v) is 8.80. The summed E-state index contributed by atoms with van der Waals surface area (Å²) < 4.78 is 11.8. The van der Waals surface area contributed by atoms with Crippen molar-refractivity contribution in [2.45, 2.75) is 39.7 Å². The van der Waals surface area contributed by atoms with E-state index in [9.17, 15) is 10.1 Å². The van der Waals surface area contributed by atoms with E-state index in [2.05, 4.69) is 11.4 Å². The van der Waals surface area contributed by atoms with E-state index < -0.39 is 12.1 Å². The van der Waals surface area contributed by atoms with Crippen molar-refractivity contribution in [2.24, 2.45) is 0 Å². The number of carbonyl (C=O) groups excluding carboxylic acids is 1. The number of ether oxygens (including phenoxy) is 2. The Kier molecular flexibility index (Phi) is 5.97. The average molecular weight is 446 g/mol. The smallest absolute Gasteiger partial charge is 0.431 e. The molecule has 1 N–H and O–H groups in total. The van der Waals surface area contributed by atoms with E-state index in [4.69, 9.17) is 14.5 Å². The number of carbonyl (C=O) groups is 1. The van der Waals surface area contributed by atoms with E-state index in [-0.39, 0.29) is 6.10 Å². The van der Waals surface area contributed by atoms with Crippen LogP contribution < -0.4 is 5.32 Å². The van der Waals surface area contributed by atoms with Gasteiger partial charge in [0, 0.05) is 11.3 Å². The summed E-state index contributed by atoms with van der Waals surface area (Å²) in [5.74, 6) is -0.186. The molecule has 1 aliphatic heterocycles. The van der Waals surface area contributed by atoms with Crippen LogP contribution in [0.25, 0.3) is 20.8 Å². The number of hydrogen-bond donors (Lipinski definition) is 1. The summed E-state index contributed by atoms with van der Waals surface area (Å²) in [4.78, 5) is 17.2. The van der Waals surface area contributed by atoms with Crippen LogP contribution in [0.15, 0.2) is 71.3 Å². The van der Waals surface area contributed by atoms with E-state index in [1.165, 1.54) is 0 Å². The molecule has 0 amide bonds. The number of nitriles is 1. The van der Waals surface area contributed by atoms with Crippen LogP contribution in [0.2, 0.25) is 0 Å². The van der Waals surface area contributed by atoms with Crippen molar-refractivity contribution in [1.29, 1.82) is 5.26 Å². The van der Waals surface area contributed by atoms with Crippen molar-refractivity contribution in [3.05, 3.63) is 76.8 Å². The van der Waals surface area contributed by atoms with Gasteiger partial charge in [0.15, 0.2) is 0 Å². The zero-order chi connectivity index (χ0) is 22.8. The monoisotopic (exact) mass is 445 g/mol. The van der Waals surface area contributed by atoms with Crippen LogP contribution in [0.1, 0.15) is 39.2 Å². The molecule has 4 rings (SSSR count). The largest absolute Gasteiger partial charge is 0.513 e. The average Bonchev–Trinajstić information content (AvgIpc) is 3.20. The lowest BCUT2D eigenvalue weighted by molar-refractivity contribution is 0.0500. The van der Waals surface area contributed by atoms with Gasteiger partial charge in [0.25, 0.3) is 0 Å². The maximum absolute atomic E-state index is 12.4. The second-order valence-electron chi connectivity index (χ2n) is 7.80. The molecule has 162 valence electrons. The standard InChI is InChI=1S/C25H23N3O3S/c1-14(2)30-25(29)31-22-16(4)27-15(3)19(13-26)21(22)18-11-8-12-20-23(18)32-24(28-20)17-9-6-5-7-10-17/h5-12,14,21,27H,1-4H3. The third-order valence-electron chi connectivity index (χ3n) is 5.12. The number of nitrogens with zero attached hydrogens (tertiary/aromatic N) is 2. The second kappa shape index (κ2) is 8.85. The fraction of sp³-hybridized carbons (Fsp3) is 0.240. The number of thiazole rings is 1. The van der Waals surface area contributed by atoms with Crippen molar-refractivity contribution >= 4 is 27.7 Å². The lowest BCUT2D eigenvalue weighted by atomic mass is 9.85. The number of aromatic nitrogens is 1. The Hall–Kier alpha value is -3.63. The number of rotatable bonds is 4. The fourth-order valence-corrected chi connectivity index (χ4v) is 4.88. The molecular weight excluding hydrogens is 422 g/mol. The number of allylic oxidation sites excluding steroid dienone is 3. The van der Waals surface area contributed by atoms with Crippen LogP contribution >= 0.6 is 11.3 Å². The highest BCUT2D eigenvalue weighted by Gasteiger charge is 2.34. The summed E-state index contributed by atoms with van der Waals surface area (Å²) in [5.41, 5.74) is 4.61. The first-order chi connectivity index (χ1) is 15.4. The van der Waals surface area contributed by atoms with Gasteiger partial charge in [0.1, 0.15) is 10.8 Å². The van der Waals surface area contributed by atoms with E-state index >= 15 is 0 Å². The maximum Gasteiger partial charge on any atom is 0.513 e. The van der Waals surface area contributed by atoms with Gasteiger partial charge in [-0.05, 0) is 39.3 Å². The van der Waals surface area contributed by atoms with Gasteiger partial charge in [0.2, 0.25) is 0 Å². The summed E-state index contributed by atoms with van der Waals surface area (Å²) in [6, 6.07) is 18.1. The van der Waals surface area contributed by atoms with Gasteiger partial charge in [-0.15, -0.1) is 11.3 Å². The third kappa shape index (κ3) is 4.10. The Morgan fingerprint density at radius 2 is 1.88 bits per heavy atom. The first-order valence-corrected chi connectivity index (χ1v) is 11.1. The predicted octanol–water partition coefficient (Wildman–Crippen LogP) is 6.24. The zero-order valence-electron chi connectivity index (χ0n) is 18.3. The number of hydrogen-bond acceptors (Lipinski definition) is 7. The molecule has 1 aromatic heterocycles. The number of nitrogens with one attached hydrogen (secondary N) is 1. The minimum atomic E-state index is -0.792. The van der Waals surface area contributed by atoms with Gasteiger partial charge < -0.3 is 14.8 Å². The minimum absolute atomic E-state index is 0.315. The van der Waals surface area contributed by atoms with Crippen molar-refractivity contribution in [1.82, 2.24) is 10.3 Å². The fourth-order valence-electron chi connectivity index (χ4n) is 3.76. The molecule has 0 saturated carbocycles. The van der Waals surface area contributed by atoms with Gasteiger partial charge in [-0.2, -0.15) is 5.26 Å². The van der Waals surface area contributed by atoms with E-state index in [0.717, 1.165) is 32.0 Å². The van der Waals surface area contributed by atoms with E-state index in [1.807, 2.05) is 62.4 Å². The molecule has 0 fully saturated rings. The Morgan fingerprint density at radius 3 is 2.56 bits per heavy atom. The van der Waals surface area contributed by atoms with Crippen molar-refractivity contribution in [2.75, 3.05) is 0 Å². The molecule has 1 unspecified atom stereocenters. The highest BCUT2D eigenvalue weighted by molar-refractivity contribution is 7.21. The van der Waals surface area contributed by atoms with Crippen LogP contribution in [0.5, 0.6) is 0 Å². The van der Waals surface area contributed by atoms with Crippen LogP contribution in [0.4, 0.5) is 4.79 Å². The first kappa shape index (κ1) is 21.6. The first-order valence-electron chi connectivity index (χ1n) is 10.3. The van der Waals surface area contributed by atoms with Crippen LogP contribution in [0.3, 0.4) is 0 Å². The van der Waals surface area contributed by atoms with Gasteiger partial charge in [-0.25, -0.2) is 9.78 Å². The molecule has 7 heteroatoms. The number of benzene rings is 2.